The van der Waals surface area contributed by atoms with Gasteiger partial charge in [-0.05, 0) is 42.2 Å². The van der Waals surface area contributed by atoms with Crippen molar-refractivity contribution in [2.75, 3.05) is 11.8 Å². The van der Waals surface area contributed by atoms with Crippen LogP contribution in [-0.4, -0.2) is 20.7 Å². The maximum Gasteiger partial charge on any atom is 0.266 e. The summed E-state index contributed by atoms with van der Waals surface area (Å²) in [4.78, 5) is 0.0401. The number of methoxy groups -OCH3 is 1. The molecule has 3 rings (SSSR count). The molecule has 1 N–H and O–H groups in total. The lowest BCUT2D eigenvalue weighted by molar-refractivity contribution is 0.402. The van der Waals surface area contributed by atoms with E-state index in [1.165, 1.54) is 7.11 Å². The fourth-order valence-electron chi connectivity index (χ4n) is 2.71. The summed E-state index contributed by atoms with van der Waals surface area (Å²) < 4.78 is 38.8. The van der Waals surface area contributed by atoms with Gasteiger partial charge in [-0.2, -0.15) is 0 Å². The molecular formula is C18H19ClN2O4S. The minimum absolute atomic E-state index is 0.0401. The molecular weight excluding hydrogens is 376 g/mol. The Kier molecular flexibility index (Phi) is 5.11. The van der Waals surface area contributed by atoms with E-state index in [4.69, 9.17) is 20.9 Å². The third kappa shape index (κ3) is 3.24. The molecule has 0 spiro atoms. The average molecular weight is 395 g/mol. The summed E-state index contributed by atoms with van der Waals surface area (Å²) in [5, 5.41) is 4.72. The van der Waals surface area contributed by atoms with Crippen molar-refractivity contribution in [1.82, 2.24) is 5.16 Å². The molecule has 8 heteroatoms. The van der Waals surface area contributed by atoms with Gasteiger partial charge < -0.3 is 9.26 Å². The molecule has 26 heavy (non-hydrogen) atoms. The smallest absolute Gasteiger partial charge is 0.266 e. The first-order valence-electron chi connectivity index (χ1n) is 8.17. The van der Waals surface area contributed by atoms with Crippen LogP contribution in [0.2, 0.25) is 5.02 Å². The summed E-state index contributed by atoms with van der Waals surface area (Å²) in [6, 6.07) is 8.61. The molecule has 0 saturated heterocycles. The normalized spacial score (nSPS) is 11.7. The van der Waals surface area contributed by atoms with Crippen LogP contribution in [0.1, 0.15) is 25.0 Å². The number of aromatic nitrogens is 1. The maximum absolute atomic E-state index is 12.9. The average Bonchev–Trinajstić information content (AvgIpc) is 3.04. The van der Waals surface area contributed by atoms with Crippen molar-refractivity contribution in [2.24, 2.45) is 0 Å². The maximum atomic E-state index is 12.9. The fourth-order valence-corrected chi connectivity index (χ4v) is 4.32. The summed E-state index contributed by atoms with van der Waals surface area (Å²) in [6.07, 6.45) is 1.41. The Morgan fingerprint density at radius 3 is 2.62 bits per heavy atom. The number of benzene rings is 2. The van der Waals surface area contributed by atoms with E-state index in [1.807, 2.05) is 26.0 Å². The van der Waals surface area contributed by atoms with E-state index in [1.54, 1.807) is 18.2 Å². The monoisotopic (exact) mass is 394 g/mol. The zero-order chi connectivity index (χ0) is 18.9. The Balaban J connectivity index is 2.10. The van der Waals surface area contributed by atoms with Crippen LogP contribution >= 0.6 is 11.6 Å². The summed E-state index contributed by atoms with van der Waals surface area (Å²) >= 11 is 6.41. The lowest BCUT2D eigenvalue weighted by Gasteiger charge is -2.12. The van der Waals surface area contributed by atoms with Crippen LogP contribution in [0.25, 0.3) is 11.0 Å². The highest BCUT2D eigenvalue weighted by Gasteiger charge is 2.24. The summed E-state index contributed by atoms with van der Waals surface area (Å²) in [6.45, 7) is 3.91. The van der Waals surface area contributed by atoms with E-state index in [9.17, 15) is 8.42 Å². The van der Waals surface area contributed by atoms with Gasteiger partial charge in [0.1, 0.15) is 10.6 Å². The number of fused-ring (bicyclic) bond motifs is 1. The van der Waals surface area contributed by atoms with Crippen LogP contribution < -0.4 is 9.46 Å². The molecule has 6 nitrogen and oxygen atoms in total. The molecule has 2 aromatic carbocycles. The lowest BCUT2D eigenvalue weighted by atomic mass is 10.1. The molecule has 1 heterocycles. The Morgan fingerprint density at radius 2 is 1.96 bits per heavy atom. The van der Waals surface area contributed by atoms with Gasteiger partial charge in [-0.3, -0.25) is 4.72 Å². The number of nitrogens with one attached hydrogen (secondary N) is 1. The van der Waals surface area contributed by atoms with Crippen molar-refractivity contribution in [1.29, 1.82) is 0 Å². The highest BCUT2D eigenvalue weighted by atomic mass is 35.5. The Morgan fingerprint density at radius 1 is 1.19 bits per heavy atom. The van der Waals surface area contributed by atoms with Gasteiger partial charge in [0.2, 0.25) is 0 Å². The van der Waals surface area contributed by atoms with Crippen molar-refractivity contribution in [3.8, 4) is 5.75 Å². The van der Waals surface area contributed by atoms with Gasteiger partial charge in [0.15, 0.2) is 11.4 Å². The quantitative estimate of drug-likeness (QED) is 0.669. The number of aryl methyl sites for hydroxylation is 2. The molecule has 0 aliphatic heterocycles. The highest BCUT2D eigenvalue weighted by Crippen LogP contribution is 2.35. The Bertz CT molecular complexity index is 1060. The van der Waals surface area contributed by atoms with E-state index >= 15 is 0 Å². The van der Waals surface area contributed by atoms with Crippen molar-refractivity contribution >= 4 is 38.4 Å². The molecule has 0 amide bonds. The third-order valence-corrected chi connectivity index (χ3v) is 5.99. The molecule has 0 unspecified atom stereocenters. The second-order valence-corrected chi connectivity index (χ2v) is 7.77. The zero-order valence-electron chi connectivity index (χ0n) is 14.7. The lowest BCUT2D eigenvalue weighted by Crippen LogP contribution is -2.15. The summed E-state index contributed by atoms with van der Waals surface area (Å²) in [5.74, 6) is 0.312. The van der Waals surface area contributed by atoms with Crippen LogP contribution in [-0.2, 0) is 22.9 Å². The van der Waals surface area contributed by atoms with E-state index in [0.29, 0.717) is 28.8 Å². The highest BCUT2D eigenvalue weighted by molar-refractivity contribution is 7.92. The first-order valence-corrected chi connectivity index (χ1v) is 10.0. The van der Waals surface area contributed by atoms with Crippen LogP contribution in [0, 0.1) is 0 Å². The van der Waals surface area contributed by atoms with Crippen LogP contribution in [0.5, 0.6) is 5.75 Å². The zero-order valence-corrected chi connectivity index (χ0v) is 16.2. The minimum atomic E-state index is -3.94. The number of halogens is 1. The predicted octanol–water partition coefficient (Wildman–Crippen LogP) is 4.42. The third-order valence-electron chi connectivity index (χ3n) is 4.19. The molecule has 0 atom stereocenters. The Hall–Kier alpha value is -2.25. The van der Waals surface area contributed by atoms with Crippen LogP contribution in [0.3, 0.4) is 0 Å². The molecule has 0 bridgehead atoms. The first-order chi connectivity index (χ1) is 12.4. The molecule has 0 fully saturated rings. The molecule has 1 aromatic heterocycles. The molecule has 0 radical (unpaired) electrons. The standard InChI is InChI=1S/C18H19ClN2O4S/c1-4-11-6-8-13(24-3)15(10-11)26(22,23)21-18-16-14(25-20-18)9-7-12(5-2)17(16)19/h6-10H,4-5H2,1-3H3,(H,20,21). The Labute approximate surface area is 157 Å². The van der Waals surface area contributed by atoms with Crippen molar-refractivity contribution < 1.29 is 17.7 Å². The predicted molar refractivity (Wildman–Crippen MR) is 102 cm³/mol. The molecule has 0 aliphatic carbocycles. The van der Waals surface area contributed by atoms with Crippen LogP contribution in [0.15, 0.2) is 39.8 Å². The first kappa shape index (κ1) is 18.5. The van der Waals surface area contributed by atoms with Gasteiger partial charge in [0, 0.05) is 0 Å². The van der Waals surface area contributed by atoms with Gasteiger partial charge in [0.05, 0.1) is 17.5 Å². The number of hydrogen-bond acceptors (Lipinski definition) is 5. The molecule has 3 aromatic rings. The molecule has 138 valence electrons. The second kappa shape index (κ2) is 7.17. The molecule has 0 aliphatic rings. The number of sulfonamides is 1. The van der Waals surface area contributed by atoms with E-state index < -0.39 is 10.0 Å². The topological polar surface area (TPSA) is 81.4 Å². The van der Waals surface area contributed by atoms with Crippen molar-refractivity contribution in [3.63, 3.8) is 0 Å². The summed E-state index contributed by atoms with van der Waals surface area (Å²) in [7, 11) is -2.52. The molecule has 0 saturated carbocycles. The van der Waals surface area contributed by atoms with Crippen LogP contribution in [0.4, 0.5) is 5.82 Å². The number of rotatable bonds is 6. The van der Waals surface area contributed by atoms with E-state index in [2.05, 4.69) is 9.88 Å². The summed E-state index contributed by atoms with van der Waals surface area (Å²) in [5.41, 5.74) is 2.18. The number of ether oxygens (including phenoxy) is 1. The minimum Gasteiger partial charge on any atom is -0.495 e. The number of anilines is 1. The van der Waals surface area contributed by atoms with E-state index in [0.717, 1.165) is 11.1 Å². The SMILES string of the molecule is CCc1ccc(OC)c(S(=O)(=O)Nc2noc3ccc(CC)c(Cl)c23)c1. The largest absolute Gasteiger partial charge is 0.495 e. The van der Waals surface area contributed by atoms with Crippen molar-refractivity contribution in [2.45, 2.75) is 31.6 Å². The number of hydrogen-bond donors (Lipinski definition) is 1. The van der Waals surface area contributed by atoms with Gasteiger partial charge in [-0.1, -0.05) is 42.7 Å². The van der Waals surface area contributed by atoms with Gasteiger partial charge >= 0.3 is 0 Å². The fraction of sp³-hybridized carbons (Fsp3) is 0.278. The number of nitrogens with zero attached hydrogens (tertiary/aromatic N) is 1. The van der Waals surface area contributed by atoms with Gasteiger partial charge in [0.25, 0.3) is 10.0 Å². The van der Waals surface area contributed by atoms with Gasteiger partial charge in [-0.25, -0.2) is 8.42 Å². The van der Waals surface area contributed by atoms with E-state index in [-0.39, 0.29) is 16.5 Å². The van der Waals surface area contributed by atoms with Crippen molar-refractivity contribution in [3.05, 3.63) is 46.5 Å². The second-order valence-electron chi connectivity index (χ2n) is 5.74. The van der Waals surface area contributed by atoms with Gasteiger partial charge in [-0.15, -0.1) is 0 Å².